The van der Waals surface area contributed by atoms with Crippen LogP contribution in [0.25, 0.3) is 22.3 Å². The average Bonchev–Trinajstić information content (AvgIpc) is 3.11. The number of benzene rings is 1. The summed E-state index contributed by atoms with van der Waals surface area (Å²) in [6.07, 6.45) is 5.26. The molecule has 3 aromatic heterocycles. The Morgan fingerprint density at radius 1 is 1.07 bits per heavy atom. The first-order valence-electron chi connectivity index (χ1n) is 8.66. The van der Waals surface area contributed by atoms with Crippen LogP contribution in [0.1, 0.15) is 15.9 Å². The Morgan fingerprint density at radius 3 is 2.59 bits per heavy atom. The molecule has 134 valence electrons. The van der Waals surface area contributed by atoms with E-state index in [1.54, 1.807) is 37.6 Å². The number of aromatic nitrogens is 4. The highest BCUT2D eigenvalue weighted by Gasteiger charge is 2.18. The molecule has 1 aromatic carbocycles. The van der Waals surface area contributed by atoms with Crippen LogP contribution in [-0.2, 0) is 6.54 Å². The van der Waals surface area contributed by atoms with Crippen LogP contribution in [0.15, 0.2) is 67.1 Å². The second-order valence-corrected chi connectivity index (χ2v) is 6.52. The molecule has 6 heteroatoms. The highest BCUT2D eigenvalue weighted by Crippen LogP contribution is 2.26. The van der Waals surface area contributed by atoms with Crippen molar-refractivity contribution in [3.8, 4) is 11.3 Å². The second kappa shape index (κ2) is 6.99. The Balaban J connectivity index is 1.90. The molecule has 0 N–H and O–H groups in total. The zero-order valence-electron chi connectivity index (χ0n) is 15.2. The Morgan fingerprint density at radius 2 is 1.89 bits per heavy atom. The van der Waals surface area contributed by atoms with Crippen LogP contribution in [0.3, 0.4) is 0 Å². The van der Waals surface area contributed by atoms with Crippen LogP contribution in [0, 0.1) is 0 Å². The van der Waals surface area contributed by atoms with Gasteiger partial charge in [-0.15, -0.1) is 0 Å². The van der Waals surface area contributed by atoms with Gasteiger partial charge in [0.25, 0.3) is 5.91 Å². The second-order valence-electron chi connectivity index (χ2n) is 6.52. The van der Waals surface area contributed by atoms with E-state index in [-0.39, 0.29) is 5.91 Å². The van der Waals surface area contributed by atoms with Crippen molar-refractivity contribution in [3.05, 3.63) is 78.2 Å². The predicted molar refractivity (Wildman–Crippen MR) is 104 cm³/mol. The highest BCUT2D eigenvalue weighted by molar-refractivity contribution is 6.06. The van der Waals surface area contributed by atoms with Crippen molar-refractivity contribution < 1.29 is 4.79 Å². The van der Waals surface area contributed by atoms with Crippen LogP contribution in [0.5, 0.6) is 0 Å². The largest absolute Gasteiger partial charge is 0.345 e. The molecule has 0 radical (unpaired) electrons. The molecular weight excluding hydrogens is 338 g/mol. The molecule has 0 saturated heterocycles. The lowest BCUT2D eigenvalue weighted by Crippen LogP contribution is -2.22. The van der Waals surface area contributed by atoms with Crippen molar-refractivity contribution in [1.82, 2.24) is 24.6 Å². The molecule has 0 bridgehead atoms. The van der Waals surface area contributed by atoms with Crippen molar-refractivity contribution in [1.29, 1.82) is 0 Å². The maximum atomic E-state index is 12.8. The first kappa shape index (κ1) is 16.9. The molecule has 0 spiro atoms. The third-order valence-corrected chi connectivity index (χ3v) is 4.37. The van der Waals surface area contributed by atoms with Gasteiger partial charge in [-0.3, -0.25) is 9.78 Å². The Kier molecular flexibility index (Phi) is 4.38. The molecule has 4 rings (SSSR count). The molecule has 4 aromatic rings. The van der Waals surface area contributed by atoms with Gasteiger partial charge in [0.2, 0.25) is 0 Å². The molecular formula is C21H19N5O. The summed E-state index contributed by atoms with van der Waals surface area (Å²) in [5.74, 6) is -0.0690. The molecule has 1 amide bonds. The minimum Gasteiger partial charge on any atom is -0.345 e. The van der Waals surface area contributed by atoms with Gasteiger partial charge in [-0.25, -0.2) is 9.67 Å². The van der Waals surface area contributed by atoms with Crippen molar-refractivity contribution in [3.63, 3.8) is 0 Å². The number of rotatable bonds is 4. The minimum absolute atomic E-state index is 0.0690. The van der Waals surface area contributed by atoms with Gasteiger partial charge in [0, 0.05) is 32.1 Å². The predicted octanol–water partition coefficient (Wildman–Crippen LogP) is 3.24. The smallest absolute Gasteiger partial charge is 0.254 e. The van der Waals surface area contributed by atoms with E-state index in [2.05, 4.69) is 10.1 Å². The summed E-state index contributed by atoms with van der Waals surface area (Å²) in [6.45, 7) is 0.540. The summed E-state index contributed by atoms with van der Waals surface area (Å²) in [6, 6.07) is 15.6. The monoisotopic (exact) mass is 357 g/mol. The van der Waals surface area contributed by atoms with Crippen LogP contribution < -0.4 is 0 Å². The molecule has 0 atom stereocenters. The maximum Gasteiger partial charge on any atom is 0.254 e. The van der Waals surface area contributed by atoms with E-state index < -0.39 is 0 Å². The van der Waals surface area contributed by atoms with E-state index in [0.29, 0.717) is 17.8 Å². The van der Waals surface area contributed by atoms with E-state index in [1.165, 1.54) is 0 Å². The topological polar surface area (TPSA) is 63.9 Å². The summed E-state index contributed by atoms with van der Waals surface area (Å²) >= 11 is 0. The molecule has 0 saturated carbocycles. The highest BCUT2D eigenvalue weighted by atomic mass is 16.2. The van der Waals surface area contributed by atoms with Crippen molar-refractivity contribution in [2.24, 2.45) is 0 Å². The molecule has 0 aliphatic heterocycles. The van der Waals surface area contributed by atoms with Crippen LogP contribution in [-0.4, -0.2) is 44.7 Å². The van der Waals surface area contributed by atoms with Gasteiger partial charge in [-0.1, -0.05) is 36.4 Å². The lowest BCUT2D eigenvalue weighted by atomic mass is 10.1. The number of fused-ring (bicyclic) bond motifs is 1. The maximum absolute atomic E-state index is 12.8. The number of pyridine rings is 2. The Bertz CT molecular complexity index is 1090. The molecule has 0 unspecified atom stereocenters. The van der Waals surface area contributed by atoms with Crippen molar-refractivity contribution in [2.75, 3.05) is 14.1 Å². The third-order valence-electron chi connectivity index (χ3n) is 4.37. The summed E-state index contributed by atoms with van der Waals surface area (Å²) in [4.78, 5) is 23.3. The molecule has 0 fully saturated rings. The van der Waals surface area contributed by atoms with Crippen LogP contribution in [0.2, 0.25) is 0 Å². The van der Waals surface area contributed by atoms with Crippen molar-refractivity contribution in [2.45, 2.75) is 6.54 Å². The Labute approximate surface area is 157 Å². The van der Waals surface area contributed by atoms with Gasteiger partial charge in [0.1, 0.15) is 0 Å². The summed E-state index contributed by atoms with van der Waals surface area (Å²) in [7, 11) is 3.49. The molecule has 0 aliphatic carbocycles. The summed E-state index contributed by atoms with van der Waals surface area (Å²) in [5.41, 5.74) is 4.02. The zero-order chi connectivity index (χ0) is 18.8. The van der Waals surface area contributed by atoms with Crippen molar-refractivity contribution >= 4 is 16.9 Å². The molecule has 27 heavy (non-hydrogen) atoms. The quantitative estimate of drug-likeness (QED) is 0.562. The van der Waals surface area contributed by atoms with Gasteiger partial charge in [0.05, 0.1) is 29.4 Å². The number of nitrogens with zero attached hydrogens (tertiary/aromatic N) is 5. The van der Waals surface area contributed by atoms with Gasteiger partial charge in [-0.05, 0) is 17.7 Å². The summed E-state index contributed by atoms with van der Waals surface area (Å²) in [5, 5.41) is 5.23. The number of hydrogen-bond donors (Lipinski definition) is 0. The number of amides is 1. The van der Waals surface area contributed by atoms with E-state index in [4.69, 9.17) is 4.98 Å². The lowest BCUT2D eigenvalue weighted by molar-refractivity contribution is 0.0829. The minimum atomic E-state index is -0.0690. The fourth-order valence-corrected chi connectivity index (χ4v) is 3.00. The van der Waals surface area contributed by atoms with E-state index in [0.717, 1.165) is 22.2 Å². The Hall–Kier alpha value is -3.54. The van der Waals surface area contributed by atoms with Gasteiger partial charge < -0.3 is 4.90 Å². The molecule has 3 heterocycles. The third kappa shape index (κ3) is 3.29. The zero-order valence-corrected chi connectivity index (χ0v) is 15.2. The fourth-order valence-electron chi connectivity index (χ4n) is 3.00. The van der Waals surface area contributed by atoms with Crippen LogP contribution in [0.4, 0.5) is 0 Å². The number of carbonyl (C=O) groups is 1. The number of hydrogen-bond acceptors (Lipinski definition) is 4. The standard InChI is InChI=1S/C21H19N5O/c1-25(2)21(27)17-11-19(16-8-4-3-5-9-16)24-20-18(17)13-23-26(20)14-15-7-6-10-22-12-15/h3-13H,14H2,1-2H3. The van der Waals surface area contributed by atoms with E-state index in [1.807, 2.05) is 53.2 Å². The normalized spacial score (nSPS) is 10.9. The fraction of sp³-hybridized carbons (Fsp3) is 0.143. The van der Waals surface area contributed by atoms with Gasteiger partial charge >= 0.3 is 0 Å². The SMILES string of the molecule is CN(C)C(=O)c1cc(-c2ccccc2)nc2c1cnn2Cc1cccnc1. The van der Waals surface area contributed by atoms with E-state index >= 15 is 0 Å². The van der Waals surface area contributed by atoms with Crippen LogP contribution >= 0.6 is 0 Å². The first-order chi connectivity index (χ1) is 13.1. The van der Waals surface area contributed by atoms with Gasteiger partial charge in [0.15, 0.2) is 5.65 Å². The first-order valence-corrected chi connectivity index (χ1v) is 8.66. The van der Waals surface area contributed by atoms with E-state index in [9.17, 15) is 4.79 Å². The summed E-state index contributed by atoms with van der Waals surface area (Å²) < 4.78 is 1.81. The average molecular weight is 357 g/mol. The number of carbonyl (C=O) groups excluding carboxylic acids is 1. The molecule has 6 nitrogen and oxygen atoms in total. The lowest BCUT2D eigenvalue weighted by Gasteiger charge is -2.13. The molecule has 0 aliphatic rings. The van der Waals surface area contributed by atoms with Gasteiger partial charge in [-0.2, -0.15) is 5.10 Å².